The normalized spacial score (nSPS) is 12.7. The molecule has 0 amide bonds. The Hall–Kier alpha value is -3.23. The molecule has 0 saturated heterocycles. The van der Waals surface area contributed by atoms with E-state index in [-0.39, 0.29) is 39.5 Å². The minimum absolute atomic E-state index is 0.128. The third-order valence-corrected chi connectivity index (χ3v) is 6.53. The molecule has 3 aromatic rings. The van der Waals surface area contributed by atoms with Crippen LogP contribution in [0.1, 0.15) is 12.5 Å². The lowest BCUT2D eigenvalue weighted by Gasteiger charge is -2.21. The van der Waals surface area contributed by atoms with E-state index in [0.717, 1.165) is 42.4 Å². The number of halogens is 6. The van der Waals surface area contributed by atoms with Crippen molar-refractivity contribution in [1.29, 1.82) is 0 Å². The Morgan fingerprint density at radius 3 is 2.26 bits per heavy atom. The van der Waals surface area contributed by atoms with Gasteiger partial charge < -0.3 is 9.47 Å². The highest BCUT2D eigenvalue weighted by Gasteiger charge is 2.33. The second-order valence-electron chi connectivity index (χ2n) is 7.22. The topological polar surface area (TPSA) is 93.9 Å². The molecule has 0 aliphatic heterocycles. The minimum Gasteiger partial charge on any atom is -0.351 e. The molecular formula is C19H18F6N6O2S. The van der Waals surface area contributed by atoms with Gasteiger partial charge in [-0.15, -0.1) is 10.2 Å². The lowest BCUT2D eigenvalue weighted by molar-refractivity contribution is -0.137. The number of sulfone groups is 1. The maximum absolute atomic E-state index is 13.1. The summed E-state index contributed by atoms with van der Waals surface area (Å²) in [7, 11) is -1.42. The molecule has 3 rings (SSSR count). The Labute approximate surface area is 190 Å². The van der Waals surface area contributed by atoms with E-state index in [1.165, 1.54) is 18.5 Å². The van der Waals surface area contributed by atoms with Crippen molar-refractivity contribution in [3.05, 3.63) is 36.0 Å². The van der Waals surface area contributed by atoms with E-state index in [2.05, 4.69) is 20.2 Å². The smallest absolute Gasteiger partial charge is 0.351 e. The Morgan fingerprint density at radius 1 is 1.03 bits per heavy atom. The molecule has 15 heteroatoms. The molecule has 3 heterocycles. The second-order valence-corrected chi connectivity index (χ2v) is 9.47. The fourth-order valence-electron chi connectivity index (χ4n) is 3.05. The molecule has 3 aromatic heterocycles. The monoisotopic (exact) mass is 508 g/mol. The first-order valence-corrected chi connectivity index (χ1v) is 11.2. The third-order valence-electron chi connectivity index (χ3n) is 4.77. The molecule has 0 N–H and O–H groups in total. The molecule has 0 atom stereocenters. The van der Waals surface area contributed by atoms with Crippen LogP contribution in [0, 0.1) is 0 Å². The summed E-state index contributed by atoms with van der Waals surface area (Å²) in [5, 5.41) is 7.68. The van der Waals surface area contributed by atoms with Crippen LogP contribution in [0.2, 0.25) is 0 Å². The lowest BCUT2D eigenvalue weighted by Crippen LogP contribution is -2.31. The molecule has 8 nitrogen and oxygen atoms in total. The Morgan fingerprint density at radius 2 is 1.68 bits per heavy atom. The van der Waals surface area contributed by atoms with Crippen LogP contribution in [0.25, 0.3) is 23.0 Å². The van der Waals surface area contributed by atoms with Crippen molar-refractivity contribution in [3.8, 4) is 23.0 Å². The molecular weight excluding hydrogens is 490 g/mol. The van der Waals surface area contributed by atoms with Gasteiger partial charge in [0.05, 0.1) is 16.2 Å². The van der Waals surface area contributed by atoms with Crippen LogP contribution >= 0.6 is 0 Å². The minimum atomic E-state index is -4.64. The van der Waals surface area contributed by atoms with E-state index in [1.807, 2.05) is 0 Å². The first-order chi connectivity index (χ1) is 15.6. The van der Waals surface area contributed by atoms with Gasteiger partial charge in [-0.05, 0) is 24.3 Å². The molecule has 0 saturated carbocycles. The van der Waals surface area contributed by atoms with E-state index < -0.39 is 34.3 Å². The van der Waals surface area contributed by atoms with Crippen LogP contribution < -0.4 is 4.90 Å². The molecule has 0 radical (unpaired) electrons. The van der Waals surface area contributed by atoms with E-state index in [0.29, 0.717) is 0 Å². The first kappa shape index (κ1) is 25.4. The maximum Gasteiger partial charge on any atom is 0.416 e. The highest BCUT2D eigenvalue weighted by molar-refractivity contribution is 7.91. The van der Waals surface area contributed by atoms with Gasteiger partial charge in [-0.1, -0.05) is 6.92 Å². The third kappa shape index (κ3) is 5.29. The fourth-order valence-corrected chi connectivity index (χ4v) is 4.07. The molecule has 0 spiro atoms. The van der Waals surface area contributed by atoms with Gasteiger partial charge in [-0.2, -0.15) is 26.3 Å². The highest BCUT2D eigenvalue weighted by Crippen LogP contribution is 2.33. The van der Waals surface area contributed by atoms with Crippen LogP contribution in [0.3, 0.4) is 0 Å². The van der Waals surface area contributed by atoms with Crippen LogP contribution in [-0.2, 0) is 23.1 Å². The summed E-state index contributed by atoms with van der Waals surface area (Å²) in [6.07, 6.45) is -8.25. The maximum atomic E-state index is 13.1. The average Bonchev–Trinajstić information content (AvgIpc) is 3.12. The Balaban J connectivity index is 2.17. The van der Waals surface area contributed by atoms with Crippen molar-refractivity contribution in [2.24, 2.45) is 7.05 Å². The zero-order valence-corrected chi connectivity index (χ0v) is 18.8. The summed E-state index contributed by atoms with van der Waals surface area (Å²) >= 11 is 0. The molecule has 0 bridgehead atoms. The Kier molecular flexibility index (Phi) is 6.61. The van der Waals surface area contributed by atoms with E-state index >= 15 is 0 Å². The number of anilines is 1. The summed E-state index contributed by atoms with van der Waals surface area (Å²) < 4.78 is 104. The molecule has 0 aliphatic carbocycles. The number of pyridine rings is 2. The fraction of sp³-hybridized carbons (Fsp3) is 0.368. The van der Waals surface area contributed by atoms with Crippen molar-refractivity contribution >= 4 is 15.7 Å². The van der Waals surface area contributed by atoms with Gasteiger partial charge in [-0.3, -0.25) is 4.98 Å². The van der Waals surface area contributed by atoms with Crippen molar-refractivity contribution < 1.29 is 34.8 Å². The standard InChI is InChI=1S/C19H18F6N6O2S/c1-4-34(32,33)13-5-6-14(30(2)10-18(20,21)22)27-15(13)17-29-28-16(31(17)3)12-9-11(7-8-26-12)19(23,24)25/h5-9H,4,10H2,1-3H3. The predicted molar refractivity (Wildman–Crippen MR) is 110 cm³/mol. The highest BCUT2D eigenvalue weighted by atomic mass is 32.2. The number of hydrogen-bond acceptors (Lipinski definition) is 7. The number of aromatic nitrogens is 5. The summed E-state index contributed by atoms with van der Waals surface area (Å²) in [4.78, 5) is 8.43. The summed E-state index contributed by atoms with van der Waals surface area (Å²) in [5.41, 5.74) is -1.46. The zero-order chi connectivity index (χ0) is 25.5. The molecule has 0 unspecified atom stereocenters. The predicted octanol–water partition coefficient (Wildman–Crippen LogP) is 3.75. The molecule has 0 aromatic carbocycles. The van der Waals surface area contributed by atoms with E-state index in [4.69, 9.17) is 0 Å². The van der Waals surface area contributed by atoms with Crippen LogP contribution in [-0.4, -0.2) is 58.7 Å². The molecule has 0 fully saturated rings. The van der Waals surface area contributed by atoms with E-state index in [9.17, 15) is 34.8 Å². The number of alkyl halides is 6. The lowest BCUT2D eigenvalue weighted by atomic mass is 10.2. The summed E-state index contributed by atoms with van der Waals surface area (Å²) in [5.74, 6) is -0.830. The van der Waals surface area contributed by atoms with Crippen LogP contribution in [0.4, 0.5) is 32.2 Å². The van der Waals surface area contributed by atoms with Crippen LogP contribution in [0.5, 0.6) is 0 Å². The average molecular weight is 508 g/mol. The second kappa shape index (κ2) is 8.85. The summed E-state index contributed by atoms with van der Waals surface area (Å²) in [6.45, 7) is 0.0228. The van der Waals surface area contributed by atoms with Gasteiger partial charge in [0, 0.05) is 20.3 Å². The van der Waals surface area contributed by atoms with Crippen LogP contribution in [0.15, 0.2) is 35.4 Å². The van der Waals surface area contributed by atoms with Crippen molar-refractivity contribution in [1.82, 2.24) is 24.7 Å². The largest absolute Gasteiger partial charge is 0.416 e. The zero-order valence-electron chi connectivity index (χ0n) is 18.0. The quantitative estimate of drug-likeness (QED) is 0.468. The van der Waals surface area contributed by atoms with Gasteiger partial charge >= 0.3 is 12.4 Å². The number of hydrogen-bond donors (Lipinski definition) is 0. The van der Waals surface area contributed by atoms with Crippen molar-refractivity contribution in [2.45, 2.75) is 24.2 Å². The van der Waals surface area contributed by atoms with Crippen molar-refractivity contribution in [2.75, 3.05) is 24.2 Å². The molecule has 184 valence electrons. The van der Waals surface area contributed by atoms with Gasteiger partial charge in [-0.25, -0.2) is 13.4 Å². The number of rotatable bonds is 6. The SMILES string of the molecule is CCS(=O)(=O)c1ccc(N(C)CC(F)(F)F)nc1-c1nnc(-c2cc(C(F)(F)F)ccn2)n1C. The van der Waals surface area contributed by atoms with Gasteiger partial charge in [0.1, 0.15) is 23.8 Å². The van der Waals surface area contributed by atoms with Crippen molar-refractivity contribution in [3.63, 3.8) is 0 Å². The van der Waals surface area contributed by atoms with Gasteiger partial charge in [0.2, 0.25) is 0 Å². The number of nitrogens with zero attached hydrogens (tertiary/aromatic N) is 6. The molecule has 34 heavy (non-hydrogen) atoms. The summed E-state index contributed by atoms with van der Waals surface area (Å²) in [6, 6.07) is 3.76. The Bertz CT molecular complexity index is 1300. The molecule has 0 aliphatic rings. The van der Waals surface area contributed by atoms with Gasteiger partial charge in [0.25, 0.3) is 0 Å². The van der Waals surface area contributed by atoms with E-state index in [1.54, 1.807) is 0 Å². The first-order valence-electron chi connectivity index (χ1n) is 9.59. The van der Waals surface area contributed by atoms with Gasteiger partial charge in [0.15, 0.2) is 21.5 Å².